The average molecular weight is 378 g/mol. The van der Waals surface area contributed by atoms with Gasteiger partial charge in [0.05, 0.1) is 10.8 Å². The number of esters is 1. The van der Waals surface area contributed by atoms with Crippen molar-refractivity contribution in [1.29, 1.82) is 0 Å². The van der Waals surface area contributed by atoms with E-state index in [4.69, 9.17) is 9.88 Å². The second kappa shape index (κ2) is 7.20. The van der Waals surface area contributed by atoms with Gasteiger partial charge in [-0.3, -0.25) is 9.59 Å². The summed E-state index contributed by atoms with van der Waals surface area (Å²) in [4.78, 5) is 26.2. The fourth-order valence-corrected chi connectivity index (χ4v) is 4.06. The van der Waals surface area contributed by atoms with Gasteiger partial charge in [-0.1, -0.05) is 12.2 Å². The summed E-state index contributed by atoms with van der Waals surface area (Å²) in [6.45, 7) is 1.54. The molecule has 0 spiro atoms. The molecule has 0 radical (unpaired) electrons. The van der Waals surface area contributed by atoms with Crippen LogP contribution in [-0.2, 0) is 30.8 Å². The predicted octanol–water partition coefficient (Wildman–Crippen LogP) is 1.51. The normalized spacial score (nSPS) is 22.2. The summed E-state index contributed by atoms with van der Waals surface area (Å²) in [6, 6.07) is 4.30. The molecule has 1 aromatic rings. The standard InChI is InChI=1S/C18H22N2O5S/c1-12-9-14-10-15(26(19,23)24)7-8-16(14)20(12)17(21)11-25-18(22)13-5-3-2-4-6-13/h2-3,7-8,10,12-13H,4-6,9,11H2,1H3,(H2,19,23,24). The number of rotatable bonds is 4. The van der Waals surface area contributed by atoms with Crippen LogP contribution in [0.3, 0.4) is 0 Å². The van der Waals surface area contributed by atoms with Gasteiger partial charge in [0.2, 0.25) is 10.0 Å². The molecule has 1 aliphatic carbocycles. The Morgan fingerprint density at radius 2 is 2.08 bits per heavy atom. The van der Waals surface area contributed by atoms with Gasteiger partial charge in [0.1, 0.15) is 0 Å². The maximum atomic E-state index is 12.6. The van der Waals surface area contributed by atoms with Gasteiger partial charge in [-0.15, -0.1) is 0 Å². The second-order valence-electron chi connectivity index (χ2n) is 6.74. The van der Waals surface area contributed by atoms with E-state index >= 15 is 0 Å². The fraction of sp³-hybridized carbons (Fsp3) is 0.444. The molecule has 7 nitrogen and oxygen atoms in total. The minimum absolute atomic E-state index is 0.0227. The summed E-state index contributed by atoms with van der Waals surface area (Å²) in [7, 11) is -3.79. The third-order valence-electron chi connectivity index (χ3n) is 4.80. The van der Waals surface area contributed by atoms with Gasteiger partial charge in [-0.25, -0.2) is 13.6 Å². The van der Waals surface area contributed by atoms with Crippen molar-refractivity contribution >= 4 is 27.6 Å². The number of nitrogens with two attached hydrogens (primary N) is 1. The summed E-state index contributed by atoms with van der Waals surface area (Å²) in [5, 5.41) is 5.16. The van der Waals surface area contributed by atoms with Crippen molar-refractivity contribution in [3.63, 3.8) is 0 Å². The van der Waals surface area contributed by atoms with E-state index in [2.05, 4.69) is 0 Å². The molecule has 0 fully saturated rings. The number of fused-ring (bicyclic) bond motifs is 1. The van der Waals surface area contributed by atoms with Gasteiger partial charge in [0, 0.05) is 11.7 Å². The number of hydrogen-bond acceptors (Lipinski definition) is 5. The molecular formula is C18H22N2O5S. The predicted molar refractivity (Wildman–Crippen MR) is 95.9 cm³/mol. The van der Waals surface area contributed by atoms with Crippen LogP contribution in [0.4, 0.5) is 5.69 Å². The van der Waals surface area contributed by atoms with Crippen molar-refractivity contribution < 1.29 is 22.7 Å². The number of benzene rings is 1. The number of ether oxygens (including phenoxy) is 1. The second-order valence-corrected chi connectivity index (χ2v) is 8.30. The van der Waals surface area contributed by atoms with Crippen LogP contribution in [-0.4, -0.2) is 32.9 Å². The molecule has 1 amide bonds. The highest BCUT2D eigenvalue weighted by Gasteiger charge is 2.32. The molecule has 3 rings (SSSR count). The molecular weight excluding hydrogens is 356 g/mol. The lowest BCUT2D eigenvalue weighted by atomic mass is 9.95. The van der Waals surface area contributed by atoms with Gasteiger partial charge >= 0.3 is 5.97 Å². The Bertz CT molecular complexity index is 862. The quantitative estimate of drug-likeness (QED) is 0.631. The van der Waals surface area contributed by atoms with Crippen LogP contribution in [0.2, 0.25) is 0 Å². The number of sulfonamides is 1. The summed E-state index contributed by atoms with van der Waals surface area (Å²) >= 11 is 0. The van der Waals surface area contributed by atoms with Crippen LogP contribution in [0.15, 0.2) is 35.2 Å². The Morgan fingerprint density at radius 3 is 2.73 bits per heavy atom. The number of carbonyl (C=O) groups excluding carboxylic acids is 2. The van der Waals surface area contributed by atoms with E-state index in [-0.39, 0.29) is 35.3 Å². The Balaban J connectivity index is 1.69. The number of hydrogen-bond donors (Lipinski definition) is 1. The van der Waals surface area contributed by atoms with Crippen LogP contribution in [0.5, 0.6) is 0 Å². The molecule has 1 aromatic carbocycles. The Hall–Kier alpha value is -2.19. The van der Waals surface area contributed by atoms with Gasteiger partial charge in [0.15, 0.2) is 6.61 Å². The van der Waals surface area contributed by atoms with E-state index in [1.165, 1.54) is 12.1 Å². The van der Waals surface area contributed by atoms with E-state index in [1.54, 1.807) is 11.0 Å². The molecule has 8 heteroatoms. The first-order chi connectivity index (χ1) is 12.3. The smallest absolute Gasteiger partial charge is 0.309 e. The van der Waals surface area contributed by atoms with E-state index in [0.717, 1.165) is 18.4 Å². The monoisotopic (exact) mass is 378 g/mol. The van der Waals surface area contributed by atoms with Crippen molar-refractivity contribution in [2.45, 2.75) is 43.5 Å². The zero-order valence-electron chi connectivity index (χ0n) is 14.6. The lowest BCUT2D eigenvalue weighted by molar-refractivity contribution is -0.152. The zero-order chi connectivity index (χ0) is 18.9. The van der Waals surface area contributed by atoms with Crippen LogP contribution in [0.25, 0.3) is 0 Å². The molecule has 2 aliphatic rings. The highest BCUT2D eigenvalue weighted by atomic mass is 32.2. The Labute approximate surface area is 152 Å². The van der Waals surface area contributed by atoms with Gasteiger partial charge in [-0.05, 0) is 56.4 Å². The number of anilines is 1. The van der Waals surface area contributed by atoms with Crippen LogP contribution >= 0.6 is 0 Å². The van der Waals surface area contributed by atoms with Gasteiger partial charge in [0.25, 0.3) is 5.91 Å². The molecule has 140 valence electrons. The first-order valence-electron chi connectivity index (χ1n) is 8.57. The molecule has 26 heavy (non-hydrogen) atoms. The number of carbonyl (C=O) groups is 2. The highest BCUT2D eigenvalue weighted by molar-refractivity contribution is 7.89. The van der Waals surface area contributed by atoms with Crippen molar-refractivity contribution in [3.05, 3.63) is 35.9 Å². The first kappa shape index (κ1) is 18.6. The van der Waals surface area contributed by atoms with E-state index < -0.39 is 10.0 Å². The molecule has 2 atom stereocenters. The Morgan fingerprint density at radius 1 is 1.31 bits per heavy atom. The van der Waals surface area contributed by atoms with Crippen LogP contribution in [0, 0.1) is 5.92 Å². The lowest BCUT2D eigenvalue weighted by Gasteiger charge is -2.23. The third-order valence-corrected chi connectivity index (χ3v) is 5.72. The minimum Gasteiger partial charge on any atom is -0.455 e. The third kappa shape index (κ3) is 3.81. The van der Waals surface area contributed by atoms with Crippen molar-refractivity contribution in [2.75, 3.05) is 11.5 Å². The van der Waals surface area contributed by atoms with Crippen LogP contribution in [0.1, 0.15) is 31.7 Å². The maximum absolute atomic E-state index is 12.6. The SMILES string of the molecule is CC1Cc2cc(S(N)(=O)=O)ccc2N1C(=O)COC(=O)C1CC=CCC1. The number of allylic oxidation sites excluding steroid dienone is 2. The highest BCUT2D eigenvalue weighted by Crippen LogP contribution is 2.33. The van der Waals surface area contributed by atoms with Gasteiger partial charge in [-0.2, -0.15) is 0 Å². The molecule has 1 aliphatic heterocycles. The van der Waals surface area contributed by atoms with E-state index in [0.29, 0.717) is 18.5 Å². The summed E-state index contributed by atoms with van der Waals surface area (Å²) in [5.74, 6) is -0.855. The summed E-state index contributed by atoms with van der Waals surface area (Å²) in [5.41, 5.74) is 1.37. The van der Waals surface area contributed by atoms with E-state index in [1.807, 2.05) is 19.1 Å². The van der Waals surface area contributed by atoms with Crippen molar-refractivity contribution in [3.8, 4) is 0 Å². The topological polar surface area (TPSA) is 107 Å². The molecule has 0 saturated carbocycles. The molecule has 2 unspecified atom stereocenters. The zero-order valence-corrected chi connectivity index (χ0v) is 15.4. The maximum Gasteiger partial charge on any atom is 0.309 e. The van der Waals surface area contributed by atoms with E-state index in [9.17, 15) is 18.0 Å². The van der Waals surface area contributed by atoms with Crippen molar-refractivity contribution in [2.24, 2.45) is 11.1 Å². The fourth-order valence-electron chi connectivity index (χ4n) is 3.49. The summed E-state index contributed by atoms with van der Waals surface area (Å²) < 4.78 is 28.2. The van der Waals surface area contributed by atoms with Crippen molar-refractivity contribution in [1.82, 2.24) is 0 Å². The molecule has 0 aromatic heterocycles. The van der Waals surface area contributed by atoms with Crippen LogP contribution < -0.4 is 10.0 Å². The largest absolute Gasteiger partial charge is 0.455 e. The minimum atomic E-state index is -3.79. The number of nitrogens with zero attached hydrogens (tertiary/aromatic N) is 1. The Kier molecular flexibility index (Phi) is 5.15. The molecule has 0 saturated heterocycles. The number of amides is 1. The average Bonchev–Trinajstić information content (AvgIpc) is 2.94. The molecule has 1 heterocycles. The first-order valence-corrected chi connectivity index (χ1v) is 10.1. The van der Waals surface area contributed by atoms with Gasteiger partial charge < -0.3 is 9.64 Å². The molecule has 0 bridgehead atoms. The summed E-state index contributed by atoms with van der Waals surface area (Å²) in [6.07, 6.45) is 6.74. The number of primary sulfonamides is 1. The lowest BCUT2D eigenvalue weighted by Crippen LogP contribution is -2.39. The molecule has 2 N–H and O–H groups in total.